The van der Waals surface area contributed by atoms with E-state index in [9.17, 15) is 14.4 Å². The van der Waals surface area contributed by atoms with Crippen LogP contribution in [0.4, 0.5) is 5.69 Å². The number of benzene rings is 2. The minimum atomic E-state index is -0.408. The monoisotopic (exact) mass is 476 g/mol. The Labute approximate surface area is 200 Å². The molecule has 8 nitrogen and oxygen atoms in total. The van der Waals surface area contributed by atoms with Crippen molar-refractivity contribution < 1.29 is 14.3 Å². The second-order valence-corrected chi connectivity index (χ2v) is 8.79. The number of esters is 1. The molecule has 9 heteroatoms. The molecule has 2 heterocycles. The highest BCUT2D eigenvalue weighted by molar-refractivity contribution is 7.09. The summed E-state index contributed by atoms with van der Waals surface area (Å²) in [6, 6.07) is 14.7. The summed E-state index contributed by atoms with van der Waals surface area (Å²) in [5, 5.41) is 5.85. The van der Waals surface area contributed by atoms with Crippen LogP contribution in [0.3, 0.4) is 0 Å². The van der Waals surface area contributed by atoms with Gasteiger partial charge in [-0.15, -0.1) is 11.3 Å². The molecule has 34 heavy (non-hydrogen) atoms. The summed E-state index contributed by atoms with van der Waals surface area (Å²) < 4.78 is 6.79. The number of aryl methyl sites for hydroxylation is 2. The van der Waals surface area contributed by atoms with Crippen LogP contribution in [-0.2, 0) is 40.8 Å². The SMILES string of the molecule is Cc1ccccc1NC(=O)Cc1nc(COC(=O)CCc2nc3ccccc3c(=O)n2C)cs1. The molecule has 0 saturated carbocycles. The van der Waals surface area contributed by atoms with Crippen LogP contribution in [0.2, 0.25) is 0 Å². The molecule has 0 aliphatic carbocycles. The third-order valence-electron chi connectivity index (χ3n) is 5.34. The fourth-order valence-electron chi connectivity index (χ4n) is 3.47. The standard InChI is InChI=1S/C25H24N4O4S/c1-16-7-3-5-9-19(16)28-22(30)13-23-26-17(15-34-23)14-33-24(31)12-11-21-27-20-10-6-4-8-18(20)25(32)29(21)2/h3-10,15H,11-14H2,1-2H3,(H,28,30). The van der Waals surface area contributed by atoms with Gasteiger partial charge in [0.1, 0.15) is 17.4 Å². The van der Waals surface area contributed by atoms with E-state index >= 15 is 0 Å². The van der Waals surface area contributed by atoms with Gasteiger partial charge in [0.25, 0.3) is 5.56 Å². The van der Waals surface area contributed by atoms with Crippen molar-refractivity contribution >= 4 is 39.8 Å². The van der Waals surface area contributed by atoms with E-state index in [0.717, 1.165) is 11.3 Å². The maximum absolute atomic E-state index is 12.5. The molecule has 0 bridgehead atoms. The third kappa shape index (κ3) is 5.55. The van der Waals surface area contributed by atoms with Crippen LogP contribution in [0.15, 0.2) is 58.7 Å². The Kier molecular flexibility index (Phi) is 7.12. The Hall–Kier alpha value is -3.85. The molecule has 0 atom stereocenters. The Morgan fingerprint density at radius 3 is 2.68 bits per heavy atom. The van der Waals surface area contributed by atoms with Crippen LogP contribution in [0, 0.1) is 6.92 Å². The number of nitrogens with zero attached hydrogens (tertiary/aromatic N) is 3. The first kappa shape index (κ1) is 23.3. The van der Waals surface area contributed by atoms with Crippen LogP contribution in [0.1, 0.15) is 28.5 Å². The molecule has 0 saturated heterocycles. The lowest BCUT2D eigenvalue weighted by molar-refractivity contribution is -0.145. The topological polar surface area (TPSA) is 103 Å². The minimum absolute atomic E-state index is 0.0266. The summed E-state index contributed by atoms with van der Waals surface area (Å²) >= 11 is 1.35. The predicted octanol–water partition coefficient (Wildman–Crippen LogP) is 3.56. The van der Waals surface area contributed by atoms with Crippen molar-refractivity contribution in [3.63, 3.8) is 0 Å². The number of rotatable bonds is 8. The van der Waals surface area contributed by atoms with E-state index < -0.39 is 5.97 Å². The van der Waals surface area contributed by atoms with Crippen molar-refractivity contribution in [2.24, 2.45) is 7.05 Å². The highest BCUT2D eigenvalue weighted by Gasteiger charge is 2.13. The molecule has 0 radical (unpaired) electrons. The number of carbonyl (C=O) groups excluding carboxylic acids is 2. The summed E-state index contributed by atoms with van der Waals surface area (Å²) in [6.45, 7) is 1.96. The Morgan fingerprint density at radius 2 is 1.85 bits per heavy atom. The van der Waals surface area contributed by atoms with Gasteiger partial charge in [0.2, 0.25) is 5.91 Å². The Morgan fingerprint density at radius 1 is 1.09 bits per heavy atom. The molecular formula is C25H24N4O4S. The number of hydrogen-bond donors (Lipinski definition) is 1. The smallest absolute Gasteiger partial charge is 0.306 e. The molecule has 2 aromatic carbocycles. The minimum Gasteiger partial charge on any atom is -0.459 e. The summed E-state index contributed by atoms with van der Waals surface area (Å²) in [4.78, 5) is 45.9. The largest absolute Gasteiger partial charge is 0.459 e. The first-order chi connectivity index (χ1) is 16.4. The van der Waals surface area contributed by atoms with E-state index in [1.807, 2.05) is 37.3 Å². The number of thiazole rings is 1. The average Bonchev–Trinajstić information content (AvgIpc) is 3.27. The van der Waals surface area contributed by atoms with E-state index in [1.165, 1.54) is 15.9 Å². The summed E-state index contributed by atoms with van der Waals surface area (Å²) in [6.07, 6.45) is 0.528. The molecule has 2 aromatic heterocycles. The number of hydrogen-bond acceptors (Lipinski definition) is 7. The van der Waals surface area contributed by atoms with E-state index in [4.69, 9.17) is 4.74 Å². The second kappa shape index (κ2) is 10.4. The lowest BCUT2D eigenvalue weighted by atomic mass is 10.2. The van der Waals surface area contributed by atoms with E-state index in [2.05, 4.69) is 15.3 Å². The highest BCUT2D eigenvalue weighted by atomic mass is 32.1. The number of carbonyl (C=O) groups is 2. The molecule has 1 N–H and O–H groups in total. The fourth-order valence-corrected chi connectivity index (χ4v) is 4.25. The van der Waals surface area contributed by atoms with Gasteiger partial charge in [-0.1, -0.05) is 30.3 Å². The van der Waals surface area contributed by atoms with Crippen LogP contribution < -0.4 is 10.9 Å². The zero-order chi connectivity index (χ0) is 24.1. The summed E-state index contributed by atoms with van der Waals surface area (Å²) in [5.74, 6) is -0.0359. The zero-order valence-corrected chi connectivity index (χ0v) is 19.7. The summed E-state index contributed by atoms with van der Waals surface area (Å²) in [5.41, 5.74) is 2.82. The molecule has 174 valence electrons. The fraction of sp³-hybridized carbons (Fsp3) is 0.240. The molecule has 0 unspecified atom stereocenters. The van der Waals surface area contributed by atoms with Gasteiger partial charge in [-0.3, -0.25) is 19.0 Å². The predicted molar refractivity (Wildman–Crippen MR) is 131 cm³/mol. The van der Waals surface area contributed by atoms with E-state index in [0.29, 0.717) is 27.4 Å². The van der Waals surface area contributed by atoms with Crippen molar-refractivity contribution in [1.82, 2.24) is 14.5 Å². The Balaban J connectivity index is 1.28. The maximum Gasteiger partial charge on any atom is 0.306 e. The van der Waals surface area contributed by atoms with Crippen LogP contribution in [0.5, 0.6) is 0 Å². The quantitative estimate of drug-likeness (QED) is 0.390. The van der Waals surface area contributed by atoms with E-state index in [-0.39, 0.29) is 37.3 Å². The molecule has 4 rings (SSSR count). The van der Waals surface area contributed by atoms with Crippen molar-refractivity contribution in [3.8, 4) is 0 Å². The van der Waals surface area contributed by atoms with Crippen molar-refractivity contribution in [1.29, 1.82) is 0 Å². The number of nitrogens with one attached hydrogen (secondary N) is 1. The summed E-state index contributed by atoms with van der Waals surface area (Å²) in [7, 11) is 1.65. The first-order valence-electron chi connectivity index (χ1n) is 10.8. The van der Waals surface area contributed by atoms with Gasteiger partial charge in [0.05, 0.1) is 29.4 Å². The third-order valence-corrected chi connectivity index (χ3v) is 6.24. The molecular weight excluding hydrogens is 452 g/mol. The van der Waals surface area contributed by atoms with Gasteiger partial charge in [0.15, 0.2) is 0 Å². The second-order valence-electron chi connectivity index (χ2n) is 7.84. The number of ether oxygens (including phenoxy) is 1. The molecule has 0 fully saturated rings. The van der Waals surface area contributed by atoms with Gasteiger partial charge < -0.3 is 10.1 Å². The van der Waals surface area contributed by atoms with Crippen LogP contribution in [-0.4, -0.2) is 26.4 Å². The van der Waals surface area contributed by atoms with Crippen molar-refractivity contribution in [2.45, 2.75) is 32.8 Å². The molecule has 0 spiro atoms. The molecule has 1 amide bonds. The molecule has 0 aliphatic heterocycles. The van der Waals surface area contributed by atoms with Gasteiger partial charge in [-0.05, 0) is 30.7 Å². The van der Waals surface area contributed by atoms with Crippen molar-refractivity contribution in [3.05, 3.63) is 86.4 Å². The van der Waals surface area contributed by atoms with Gasteiger partial charge in [0, 0.05) is 24.5 Å². The number of fused-ring (bicyclic) bond motifs is 1. The van der Waals surface area contributed by atoms with Gasteiger partial charge in [-0.25, -0.2) is 9.97 Å². The number of amides is 1. The highest BCUT2D eigenvalue weighted by Crippen LogP contribution is 2.16. The zero-order valence-electron chi connectivity index (χ0n) is 18.9. The maximum atomic E-state index is 12.5. The lowest BCUT2D eigenvalue weighted by Gasteiger charge is -2.09. The first-order valence-corrected chi connectivity index (χ1v) is 11.7. The van der Waals surface area contributed by atoms with Gasteiger partial charge in [-0.2, -0.15) is 0 Å². The number of aromatic nitrogens is 3. The van der Waals surface area contributed by atoms with Crippen LogP contribution >= 0.6 is 11.3 Å². The van der Waals surface area contributed by atoms with Gasteiger partial charge >= 0.3 is 5.97 Å². The van der Waals surface area contributed by atoms with E-state index in [1.54, 1.807) is 30.6 Å². The average molecular weight is 477 g/mol. The number of para-hydroxylation sites is 2. The normalized spacial score (nSPS) is 10.9. The van der Waals surface area contributed by atoms with Crippen molar-refractivity contribution in [2.75, 3.05) is 5.32 Å². The van der Waals surface area contributed by atoms with Crippen LogP contribution in [0.25, 0.3) is 10.9 Å². The molecule has 4 aromatic rings. The lowest BCUT2D eigenvalue weighted by Crippen LogP contribution is -2.23. The Bertz CT molecular complexity index is 1410. The number of anilines is 1. The molecule has 0 aliphatic rings.